The minimum Gasteiger partial charge on any atom is -0.298 e. The van der Waals surface area contributed by atoms with Crippen molar-refractivity contribution >= 4 is 24.4 Å². The first-order chi connectivity index (χ1) is 4.86. The zero-order chi connectivity index (χ0) is 6.97. The number of halogens is 1. The van der Waals surface area contributed by atoms with Gasteiger partial charge in [-0.1, -0.05) is 32.9 Å². The van der Waals surface area contributed by atoms with E-state index in [2.05, 4.69) is 22.3 Å². The van der Waals surface area contributed by atoms with Gasteiger partial charge in [0.25, 0.3) is 0 Å². The van der Waals surface area contributed by atoms with Crippen molar-refractivity contribution in [1.29, 1.82) is 0 Å². The molecule has 1 aliphatic carbocycles. The van der Waals surface area contributed by atoms with E-state index in [-0.39, 0.29) is 20.7 Å². The van der Waals surface area contributed by atoms with Gasteiger partial charge in [-0.25, -0.2) is 0 Å². The van der Waals surface area contributed by atoms with Crippen molar-refractivity contribution in [2.75, 3.05) is 0 Å². The molecule has 0 saturated carbocycles. The largest absolute Gasteiger partial charge is 0.298 e. The summed E-state index contributed by atoms with van der Waals surface area (Å²) < 4.78 is 3.41. The first-order valence-electron chi connectivity index (χ1n) is 3.20. The molecule has 10 heavy (non-hydrogen) atoms. The minimum atomic E-state index is 0.0342. The first-order valence-corrected chi connectivity index (χ1v) is 5.52. The Morgan fingerprint density at radius 3 is 3.30 bits per heavy atom. The summed E-state index contributed by atoms with van der Waals surface area (Å²) in [5.41, 5.74) is 8.53. The fourth-order valence-electron chi connectivity index (χ4n) is 1.09. The van der Waals surface area contributed by atoms with Gasteiger partial charge in [-0.05, 0) is 27.7 Å². The van der Waals surface area contributed by atoms with E-state index in [0.717, 1.165) is 10.1 Å². The van der Waals surface area contributed by atoms with Crippen LogP contribution < -0.4 is 5.73 Å². The molecule has 0 unspecified atom stereocenters. The molecule has 1 nitrogen and oxygen atoms in total. The third-order valence-corrected chi connectivity index (χ3v) is 3.71. The molecule has 2 heteroatoms. The Hall–Kier alpha value is -0.220. The second-order valence-corrected chi connectivity index (χ2v) is 4.83. The highest BCUT2D eigenvalue weighted by atomic mass is 127. The van der Waals surface area contributed by atoms with Gasteiger partial charge in [-0.3, -0.25) is 5.73 Å². The zero-order valence-corrected chi connectivity index (χ0v) is 7.63. The maximum atomic E-state index is 5.70. The van der Waals surface area contributed by atoms with Crippen LogP contribution in [-0.4, -0.2) is 3.63 Å². The topological polar surface area (TPSA) is 26.0 Å². The Morgan fingerprint density at radius 2 is 2.40 bits per heavy atom. The first kappa shape index (κ1) is 6.49. The highest BCUT2D eigenvalue weighted by Crippen LogP contribution is 2.29. The minimum absolute atomic E-state index is 0.0342. The molecule has 1 aliphatic heterocycles. The molecule has 0 amide bonds. The van der Waals surface area contributed by atoms with Gasteiger partial charge in [-0.2, -0.15) is 0 Å². The Labute approximate surface area is 70.0 Å². The van der Waals surface area contributed by atoms with Gasteiger partial charge < -0.3 is 0 Å². The SMILES string of the molecule is NC1=IC=C2CC=CC2=C1. The zero-order valence-electron chi connectivity index (χ0n) is 5.47. The van der Waals surface area contributed by atoms with Gasteiger partial charge >= 0.3 is 0 Å². The Morgan fingerprint density at radius 1 is 1.50 bits per heavy atom. The number of hydrogen-bond acceptors (Lipinski definition) is 1. The van der Waals surface area contributed by atoms with E-state index in [1.54, 1.807) is 0 Å². The number of hydrogen-bond donors (Lipinski definition) is 1. The van der Waals surface area contributed by atoms with Crippen molar-refractivity contribution in [3.63, 3.8) is 0 Å². The number of fused-ring (bicyclic) bond motifs is 1. The van der Waals surface area contributed by atoms with Crippen LogP contribution in [0.5, 0.6) is 0 Å². The van der Waals surface area contributed by atoms with Gasteiger partial charge in [0.2, 0.25) is 0 Å². The summed E-state index contributed by atoms with van der Waals surface area (Å²) >= 11 is 0.0342. The average molecular weight is 245 g/mol. The lowest BCUT2D eigenvalue weighted by atomic mass is 10.1. The fraction of sp³-hybridized carbons (Fsp3) is 0.125. The van der Waals surface area contributed by atoms with Crippen molar-refractivity contribution in [2.24, 2.45) is 5.73 Å². The summed E-state index contributed by atoms with van der Waals surface area (Å²) in [6.45, 7) is 0. The molecule has 0 atom stereocenters. The van der Waals surface area contributed by atoms with Crippen LogP contribution in [0.25, 0.3) is 0 Å². The lowest BCUT2D eigenvalue weighted by molar-refractivity contribution is 1.33. The van der Waals surface area contributed by atoms with Crippen molar-refractivity contribution in [2.45, 2.75) is 6.42 Å². The van der Waals surface area contributed by atoms with E-state index < -0.39 is 0 Å². The van der Waals surface area contributed by atoms with Gasteiger partial charge in [0, 0.05) is 3.63 Å². The van der Waals surface area contributed by atoms with E-state index in [9.17, 15) is 0 Å². The quantitative estimate of drug-likeness (QED) is 0.647. The van der Waals surface area contributed by atoms with E-state index in [0.29, 0.717) is 0 Å². The molecule has 2 aliphatic rings. The van der Waals surface area contributed by atoms with Crippen LogP contribution in [0.2, 0.25) is 0 Å². The van der Waals surface area contributed by atoms with Crippen LogP contribution >= 0.6 is 20.7 Å². The van der Waals surface area contributed by atoms with E-state index in [1.807, 2.05) is 0 Å². The standard InChI is InChI=1S/C8H8IN/c10-8-4-6-2-1-3-7(6)5-9-8/h1-2,4-5H,3,10H2. The molecule has 0 bridgehead atoms. The monoisotopic (exact) mass is 245 g/mol. The lowest BCUT2D eigenvalue weighted by Crippen LogP contribution is -2.06. The smallest absolute Gasteiger partial charge is 0.0461 e. The molecular weight excluding hydrogens is 237 g/mol. The van der Waals surface area contributed by atoms with Crippen molar-refractivity contribution in [1.82, 2.24) is 0 Å². The van der Waals surface area contributed by atoms with Crippen LogP contribution in [0.15, 0.2) is 33.5 Å². The molecule has 2 N–H and O–H groups in total. The summed E-state index contributed by atoms with van der Waals surface area (Å²) in [6.07, 6.45) is 7.59. The fourth-order valence-corrected chi connectivity index (χ4v) is 2.96. The maximum absolute atomic E-state index is 5.70. The highest BCUT2D eigenvalue weighted by Gasteiger charge is 2.09. The molecule has 0 aromatic rings. The maximum Gasteiger partial charge on any atom is 0.0461 e. The van der Waals surface area contributed by atoms with E-state index >= 15 is 0 Å². The summed E-state index contributed by atoms with van der Waals surface area (Å²) in [4.78, 5) is 0. The van der Waals surface area contributed by atoms with Crippen molar-refractivity contribution in [3.8, 4) is 0 Å². The average Bonchev–Trinajstić information content (AvgIpc) is 2.33. The van der Waals surface area contributed by atoms with Crippen LogP contribution in [0.4, 0.5) is 0 Å². The summed E-state index contributed by atoms with van der Waals surface area (Å²) in [7, 11) is 0. The molecule has 0 spiro atoms. The Bertz CT molecular complexity index is 282. The summed E-state index contributed by atoms with van der Waals surface area (Å²) in [5.74, 6) is 0. The normalized spacial score (nSPS) is 22.3. The Balaban J connectivity index is 2.48. The molecule has 2 rings (SSSR count). The second-order valence-electron chi connectivity index (χ2n) is 2.33. The molecule has 0 radical (unpaired) electrons. The van der Waals surface area contributed by atoms with Gasteiger partial charge in [0.1, 0.15) is 0 Å². The second kappa shape index (κ2) is 2.43. The van der Waals surface area contributed by atoms with Gasteiger partial charge in [-0.15, -0.1) is 0 Å². The van der Waals surface area contributed by atoms with Crippen LogP contribution in [-0.2, 0) is 0 Å². The third-order valence-electron chi connectivity index (χ3n) is 1.61. The Kier molecular flexibility index (Phi) is 1.58. The van der Waals surface area contributed by atoms with Gasteiger partial charge in [0.05, 0.1) is 0 Å². The molecule has 52 valence electrons. The third kappa shape index (κ3) is 1.01. The molecular formula is C8H8IN. The molecule has 0 saturated heterocycles. The van der Waals surface area contributed by atoms with E-state index in [1.165, 1.54) is 11.1 Å². The predicted molar refractivity (Wildman–Crippen MR) is 53.1 cm³/mol. The lowest BCUT2D eigenvalue weighted by Gasteiger charge is -2.03. The predicted octanol–water partition coefficient (Wildman–Crippen LogP) is 1.83. The van der Waals surface area contributed by atoms with Gasteiger partial charge in [0.15, 0.2) is 0 Å². The van der Waals surface area contributed by atoms with Crippen molar-refractivity contribution < 1.29 is 0 Å². The number of rotatable bonds is 0. The summed E-state index contributed by atoms with van der Waals surface area (Å²) in [5, 5.41) is 0. The molecule has 1 heterocycles. The van der Waals surface area contributed by atoms with Crippen LogP contribution in [0.3, 0.4) is 0 Å². The molecule has 0 aromatic heterocycles. The van der Waals surface area contributed by atoms with Crippen molar-refractivity contribution in [3.05, 3.63) is 33.5 Å². The number of nitrogens with two attached hydrogens (primary N) is 1. The van der Waals surface area contributed by atoms with Crippen LogP contribution in [0.1, 0.15) is 6.42 Å². The summed E-state index contributed by atoms with van der Waals surface area (Å²) in [6, 6.07) is 0. The van der Waals surface area contributed by atoms with Crippen LogP contribution in [0, 0.1) is 0 Å². The highest BCUT2D eigenvalue weighted by molar-refractivity contribution is 14.2. The number of allylic oxidation sites excluding steroid dienone is 4. The van der Waals surface area contributed by atoms with E-state index in [4.69, 9.17) is 5.73 Å². The molecule has 0 aromatic carbocycles. The molecule has 0 fully saturated rings.